The summed E-state index contributed by atoms with van der Waals surface area (Å²) >= 11 is 0. The Morgan fingerprint density at radius 1 is 0.931 bits per heavy atom. The van der Waals surface area contributed by atoms with Gasteiger partial charge < -0.3 is 9.30 Å². The minimum absolute atomic E-state index is 0.552. The first kappa shape index (κ1) is 21.2. The van der Waals surface area contributed by atoms with Crippen LogP contribution in [0, 0.1) is 18.6 Å². The maximum Gasteiger partial charge on any atom is 0.159 e. The lowest BCUT2D eigenvalue weighted by atomic mass is 10.1. The van der Waals surface area contributed by atoms with Gasteiger partial charge in [0.2, 0.25) is 0 Å². The van der Waals surface area contributed by atoms with Gasteiger partial charge in [-0.15, -0.1) is 0 Å². The van der Waals surface area contributed by atoms with Crippen molar-refractivity contribution in [3.63, 3.8) is 0 Å². The Labute approximate surface area is 171 Å². The standard InChI is InChI=1S/C24H28F2N2O/c1-19-6-3-7-20(14-19)17-28-12-4-8-22(28)18-27(11-5-13-29-2)16-21-9-10-23(25)24(26)15-21/h3-4,6-10,12,14-15H,5,11,13,16-18H2,1-2H3. The topological polar surface area (TPSA) is 17.4 Å². The van der Waals surface area contributed by atoms with Crippen LogP contribution in [-0.4, -0.2) is 29.7 Å². The van der Waals surface area contributed by atoms with Gasteiger partial charge in [-0.1, -0.05) is 35.9 Å². The van der Waals surface area contributed by atoms with Crippen LogP contribution in [0.5, 0.6) is 0 Å². The summed E-state index contributed by atoms with van der Waals surface area (Å²) in [6.07, 6.45) is 2.96. The first-order chi connectivity index (χ1) is 14.0. The average Bonchev–Trinajstić information content (AvgIpc) is 3.11. The third-order valence-corrected chi connectivity index (χ3v) is 4.96. The largest absolute Gasteiger partial charge is 0.385 e. The summed E-state index contributed by atoms with van der Waals surface area (Å²) in [7, 11) is 1.69. The van der Waals surface area contributed by atoms with Gasteiger partial charge in [-0.3, -0.25) is 4.90 Å². The van der Waals surface area contributed by atoms with E-state index >= 15 is 0 Å². The molecule has 0 atom stereocenters. The number of rotatable bonds is 10. The summed E-state index contributed by atoms with van der Waals surface area (Å²) in [6, 6.07) is 16.8. The lowest BCUT2D eigenvalue weighted by Crippen LogP contribution is -2.26. The van der Waals surface area contributed by atoms with E-state index in [0.29, 0.717) is 13.2 Å². The smallest absolute Gasteiger partial charge is 0.159 e. The van der Waals surface area contributed by atoms with Crippen molar-refractivity contribution in [3.8, 4) is 0 Å². The maximum atomic E-state index is 13.6. The van der Waals surface area contributed by atoms with E-state index in [1.54, 1.807) is 13.2 Å². The first-order valence-electron chi connectivity index (χ1n) is 9.90. The molecule has 0 saturated heterocycles. The molecule has 3 aromatic rings. The zero-order valence-corrected chi connectivity index (χ0v) is 17.1. The SMILES string of the molecule is COCCCN(Cc1ccc(F)c(F)c1)Cc1cccn1Cc1cccc(C)c1. The lowest BCUT2D eigenvalue weighted by molar-refractivity contribution is 0.165. The number of aromatic nitrogens is 1. The average molecular weight is 398 g/mol. The van der Waals surface area contributed by atoms with Crippen LogP contribution < -0.4 is 0 Å². The monoisotopic (exact) mass is 398 g/mol. The van der Waals surface area contributed by atoms with Crippen molar-refractivity contribution in [2.45, 2.75) is 33.0 Å². The van der Waals surface area contributed by atoms with E-state index in [2.05, 4.69) is 59.0 Å². The summed E-state index contributed by atoms with van der Waals surface area (Å²) in [6.45, 7) is 5.65. The number of hydrogen-bond acceptors (Lipinski definition) is 2. The second kappa shape index (κ2) is 10.3. The number of benzene rings is 2. The van der Waals surface area contributed by atoms with Crippen molar-refractivity contribution in [2.24, 2.45) is 0 Å². The van der Waals surface area contributed by atoms with Crippen LogP contribution in [-0.2, 0) is 24.4 Å². The predicted molar refractivity (Wildman–Crippen MR) is 112 cm³/mol. The number of hydrogen-bond donors (Lipinski definition) is 0. The minimum Gasteiger partial charge on any atom is -0.385 e. The highest BCUT2D eigenvalue weighted by Crippen LogP contribution is 2.16. The van der Waals surface area contributed by atoms with E-state index in [1.807, 2.05) is 0 Å². The Morgan fingerprint density at radius 3 is 2.55 bits per heavy atom. The quantitative estimate of drug-likeness (QED) is 0.439. The molecule has 0 saturated carbocycles. The molecule has 0 aliphatic rings. The lowest BCUT2D eigenvalue weighted by Gasteiger charge is -2.23. The van der Waals surface area contributed by atoms with Gasteiger partial charge in [0.15, 0.2) is 11.6 Å². The van der Waals surface area contributed by atoms with Crippen LogP contribution in [0.2, 0.25) is 0 Å². The Kier molecular flexibility index (Phi) is 7.55. The van der Waals surface area contributed by atoms with Crippen LogP contribution in [0.15, 0.2) is 60.8 Å². The van der Waals surface area contributed by atoms with E-state index in [4.69, 9.17) is 4.74 Å². The molecule has 154 valence electrons. The van der Waals surface area contributed by atoms with Crippen molar-refractivity contribution in [3.05, 3.63) is 94.8 Å². The van der Waals surface area contributed by atoms with Crippen molar-refractivity contribution >= 4 is 0 Å². The van der Waals surface area contributed by atoms with E-state index in [0.717, 1.165) is 31.6 Å². The highest BCUT2D eigenvalue weighted by atomic mass is 19.2. The highest BCUT2D eigenvalue weighted by molar-refractivity contribution is 5.23. The molecule has 29 heavy (non-hydrogen) atoms. The molecule has 0 amide bonds. The summed E-state index contributed by atoms with van der Waals surface area (Å²) in [4.78, 5) is 2.24. The van der Waals surface area contributed by atoms with Crippen LogP contribution in [0.1, 0.15) is 28.8 Å². The third-order valence-electron chi connectivity index (χ3n) is 4.96. The molecule has 0 bridgehead atoms. The van der Waals surface area contributed by atoms with E-state index < -0.39 is 11.6 Å². The van der Waals surface area contributed by atoms with Gasteiger partial charge in [0.25, 0.3) is 0 Å². The second-order valence-corrected chi connectivity index (χ2v) is 7.42. The number of nitrogens with zero attached hydrogens (tertiary/aromatic N) is 2. The zero-order valence-electron chi connectivity index (χ0n) is 17.1. The van der Waals surface area contributed by atoms with Crippen LogP contribution in [0.4, 0.5) is 8.78 Å². The minimum atomic E-state index is -0.813. The molecular formula is C24H28F2N2O. The Morgan fingerprint density at radius 2 is 1.79 bits per heavy atom. The van der Waals surface area contributed by atoms with E-state index in [-0.39, 0.29) is 0 Å². The Balaban J connectivity index is 1.73. The molecule has 2 aromatic carbocycles. The number of ether oxygens (including phenoxy) is 1. The predicted octanol–water partition coefficient (Wildman–Crippen LogP) is 5.16. The van der Waals surface area contributed by atoms with Crippen molar-refractivity contribution < 1.29 is 13.5 Å². The Bertz CT molecular complexity index is 923. The molecule has 0 spiro atoms. The summed E-state index contributed by atoms with van der Waals surface area (Å²) < 4.78 is 34.3. The molecule has 3 nitrogen and oxygen atoms in total. The van der Waals surface area contributed by atoms with E-state index in [1.165, 1.54) is 29.0 Å². The zero-order chi connectivity index (χ0) is 20.6. The van der Waals surface area contributed by atoms with Crippen LogP contribution in [0.3, 0.4) is 0 Å². The molecule has 0 fully saturated rings. The Hall–Kier alpha value is -2.50. The molecule has 0 unspecified atom stereocenters. The van der Waals surface area contributed by atoms with Crippen molar-refractivity contribution in [2.75, 3.05) is 20.3 Å². The van der Waals surface area contributed by atoms with Gasteiger partial charge in [0.05, 0.1) is 0 Å². The highest BCUT2D eigenvalue weighted by Gasteiger charge is 2.12. The van der Waals surface area contributed by atoms with Crippen molar-refractivity contribution in [1.29, 1.82) is 0 Å². The molecule has 3 rings (SSSR count). The van der Waals surface area contributed by atoms with Crippen LogP contribution in [0.25, 0.3) is 0 Å². The van der Waals surface area contributed by atoms with Gasteiger partial charge in [0.1, 0.15) is 0 Å². The van der Waals surface area contributed by atoms with Gasteiger partial charge in [-0.05, 0) is 48.7 Å². The van der Waals surface area contributed by atoms with Gasteiger partial charge >= 0.3 is 0 Å². The number of aryl methyl sites for hydroxylation is 1. The summed E-state index contributed by atoms with van der Waals surface area (Å²) in [5.74, 6) is -1.62. The molecule has 0 aliphatic heterocycles. The maximum absolute atomic E-state index is 13.6. The molecule has 0 radical (unpaired) electrons. The first-order valence-corrected chi connectivity index (χ1v) is 9.90. The van der Waals surface area contributed by atoms with Gasteiger partial charge in [-0.2, -0.15) is 0 Å². The second-order valence-electron chi connectivity index (χ2n) is 7.42. The fraction of sp³-hybridized carbons (Fsp3) is 0.333. The van der Waals surface area contributed by atoms with Crippen LogP contribution >= 0.6 is 0 Å². The normalized spacial score (nSPS) is 11.3. The summed E-state index contributed by atoms with van der Waals surface area (Å²) in [5.41, 5.74) is 4.45. The van der Waals surface area contributed by atoms with Crippen molar-refractivity contribution in [1.82, 2.24) is 9.47 Å². The fourth-order valence-corrected chi connectivity index (χ4v) is 3.53. The van der Waals surface area contributed by atoms with Gasteiger partial charge in [-0.25, -0.2) is 8.78 Å². The number of methoxy groups -OCH3 is 1. The molecule has 1 aromatic heterocycles. The molecule has 5 heteroatoms. The molecule has 1 heterocycles. The van der Waals surface area contributed by atoms with Gasteiger partial charge in [0, 0.05) is 51.8 Å². The number of halogens is 2. The fourth-order valence-electron chi connectivity index (χ4n) is 3.53. The summed E-state index contributed by atoms with van der Waals surface area (Å²) in [5, 5.41) is 0. The third kappa shape index (κ3) is 6.24. The van der Waals surface area contributed by atoms with E-state index in [9.17, 15) is 8.78 Å². The molecule has 0 aliphatic carbocycles. The molecular weight excluding hydrogens is 370 g/mol. The molecule has 0 N–H and O–H groups in total.